The second kappa shape index (κ2) is 14.3. The van der Waals surface area contributed by atoms with E-state index in [0.717, 1.165) is 83.4 Å². The Morgan fingerprint density at radius 1 is 0.246 bits per heavy atom. The van der Waals surface area contributed by atoms with Gasteiger partial charge in [0.05, 0.1) is 11.4 Å². The number of fused-ring (bicyclic) bond motifs is 9. The highest BCUT2D eigenvalue weighted by molar-refractivity contribution is 6.25. The predicted octanol–water partition coefficient (Wildman–Crippen LogP) is 15.8. The zero-order chi connectivity index (χ0) is 40.3. The van der Waals surface area contributed by atoms with Crippen molar-refractivity contribution in [3.8, 4) is 67.3 Å². The summed E-state index contributed by atoms with van der Waals surface area (Å²) in [4.78, 5) is 10.8. The Balaban J connectivity index is 1.06. The number of para-hydroxylation sites is 1. The Hall–Kier alpha value is -8.14. The van der Waals surface area contributed by atoms with E-state index in [-0.39, 0.29) is 0 Å². The summed E-state index contributed by atoms with van der Waals surface area (Å²) in [5.41, 5.74) is 13.2. The van der Waals surface area contributed by atoms with Crippen LogP contribution in [0.25, 0.3) is 122 Å². The van der Waals surface area contributed by atoms with Gasteiger partial charge in [-0.15, -0.1) is 0 Å². The van der Waals surface area contributed by atoms with Crippen molar-refractivity contribution in [2.45, 2.75) is 0 Å². The van der Waals surface area contributed by atoms with Gasteiger partial charge in [0.2, 0.25) is 0 Å². The molecule has 0 aliphatic rings. The minimum atomic E-state index is 0.674. The van der Waals surface area contributed by atoms with E-state index in [1.165, 1.54) is 32.3 Å². The molecule has 3 nitrogen and oxygen atoms in total. The fourth-order valence-electron chi connectivity index (χ4n) is 9.12. The third-order valence-electron chi connectivity index (χ3n) is 12.1. The van der Waals surface area contributed by atoms with Gasteiger partial charge in [0.25, 0.3) is 0 Å². The van der Waals surface area contributed by atoms with Gasteiger partial charge in [0, 0.05) is 27.5 Å². The lowest BCUT2D eigenvalue weighted by Gasteiger charge is -2.16. The van der Waals surface area contributed by atoms with E-state index in [4.69, 9.17) is 14.4 Å². The molecule has 284 valence electrons. The van der Waals surface area contributed by atoms with Crippen LogP contribution < -0.4 is 0 Å². The molecule has 2 heterocycles. The lowest BCUT2D eigenvalue weighted by Crippen LogP contribution is -1.98. The Bertz CT molecular complexity index is 3610. The van der Waals surface area contributed by atoms with E-state index in [0.29, 0.717) is 5.82 Å². The normalized spacial score (nSPS) is 11.6. The summed E-state index contributed by atoms with van der Waals surface area (Å²) in [6.07, 6.45) is 0. The van der Waals surface area contributed by atoms with Crippen LogP contribution in [-0.2, 0) is 0 Å². The predicted molar refractivity (Wildman–Crippen MR) is 254 cm³/mol. The topological polar surface area (TPSA) is 38.9 Å². The summed E-state index contributed by atoms with van der Waals surface area (Å²) >= 11 is 0. The van der Waals surface area contributed by atoms with Gasteiger partial charge in [-0.25, -0.2) is 9.97 Å². The SMILES string of the molecule is c1ccc(-c2cc(-c3ccc4oc5ccccc5c4c3)cc(-c3cc(-c4ccccc4)nc(-c4ccccc4-c4ccc5c6ccccc6c6ccccc6c5c4)n3)c2)cc1. The van der Waals surface area contributed by atoms with Gasteiger partial charge < -0.3 is 4.42 Å². The first-order valence-corrected chi connectivity index (χ1v) is 20.7. The average Bonchev–Trinajstić information content (AvgIpc) is 3.72. The lowest BCUT2D eigenvalue weighted by atomic mass is 9.91. The molecule has 0 atom stereocenters. The molecule has 0 spiro atoms. The largest absolute Gasteiger partial charge is 0.456 e. The monoisotopic (exact) mass is 776 g/mol. The summed E-state index contributed by atoms with van der Waals surface area (Å²) in [6, 6.07) is 77.6. The molecule has 0 amide bonds. The lowest BCUT2D eigenvalue weighted by molar-refractivity contribution is 0.669. The van der Waals surface area contributed by atoms with Gasteiger partial charge in [0.1, 0.15) is 11.2 Å². The van der Waals surface area contributed by atoms with Crippen LogP contribution in [0.2, 0.25) is 0 Å². The second-order valence-electron chi connectivity index (χ2n) is 15.7. The Morgan fingerprint density at radius 2 is 0.721 bits per heavy atom. The fourth-order valence-corrected chi connectivity index (χ4v) is 9.12. The minimum Gasteiger partial charge on any atom is -0.456 e. The Labute approximate surface area is 352 Å². The number of furan rings is 1. The molecule has 0 saturated carbocycles. The van der Waals surface area contributed by atoms with Crippen molar-refractivity contribution >= 4 is 54.3 Å². The van der Waals surface area contributed by atoms with Crippen molar-refractivity contribution in [3.05, 3.63) is 218 Å². The van der Waals surface area contributed by atoms with Crippen LogP contribution in [0, 0.1) is 0 Å². The number of hydrogen-bond acceptors (Lipinski definition) is 3. The van der Waals surface area contributed by atoms with E-state index < -0.39 is 0 Å². The van der Waals surface area contributed by atoms with Crippen LogP contribution >= 0.6 is 0 Å². The van der Waals surface area contributed by atoms with Crippen LogP contribution in [0.1, 0.15) is 0 Å². The molecule has 3 heteroatoms. The van der Waals surface area contributed by atoms with Gasteiger partial charge in [-0.2, -0.15) is 0 Å². The summed E-state index contributed by atoms with van der Waals surface area (Å²) in [7, 11) is 0. The molecule has 10 aromatic carbocycles. The molecule has 0 fully saturated rings. The maximum Gasteiger partial charge on any atom is 0.161 e. The highest BCUT2D eigenvalue weighted by Crippen LogP contribution is 2.41. The summed E-state index contributed by atoms with van der Waals surface area (Å²) in [5, 5.41) is 9.72. The molecule has 0 aliphatic heterocycles. The Kier molecular flexibility index (Phi) is 8.17. The van der Waals surface area contributed by atoms with Crippen molar-refractivity contribution in [1.82, 2.24) is 9.97 Å². The van der Waals surface area contributed by atoms with Crippen molar-refractivity contribution in [1.29, 1.82) is 0 Å². The van der Waals surface area contributed by atoms with Crippen LogP contribution in [0.3, 0.4) is 0 Å². The average molecular weight is 777 g/mol. The zero-order valence-corrected chi connectivity index (χ0v) is 33.1. The molecule has 0 N–H and O–H groups in total. The van der Waals surface area contributed by atoms with Crippen molar-refractivity contribution in [3.63, 3.8) is 0 Å². The molecule has 12 rings (SSSR count). The third kappa shape index (κ3) is 6.06. The van der Waals surface area contributed by atoms with E-state index in [2.05, 4.69) is 200 Å². The van der Waals surface area contributed by atoms with Gasteiger partial charge in [0.15, 0.2) is 5.82 Å². The summed E-state index contributed by atoms with van der Waals surface area (Å²) in [5.74, 6) is 0.674. The first-order chi connectivity index (χ1) is 30.2. The first-order valence-electron chi connectivity index (χ1n) is 20.7. The smallest absolute Gasteiger partial charge is 0.161 e. The van der Waals surface area contributed by atoms with Crippen LogP contribution in [-0.4, -0.2) is 9.97 Å². The second-order valence-corrected chi connectivity index (χ2v) is 15.7. The van der Waals surface area contributed by atoms with Gasteiger partial charge in [-0.1, -0.05) is 170 Å². The first kappa shape index (κ1) is 34.9. The third-order valence-corrected chi connectivity index (χ3v) is 12.1. The number of aromatic nitrogens is 2. The highest BCUT2D eigenvalue weighted by Gasteiger charge is 2.18. The summed E-state index contributed by atoms with van der Waals surface area (Å²) < 4.78 is 6.22. The number of rotatable bonds is 6. The standard InChI is InChI=1S/C58H36N2O/c1-3-15-37(16-4-1)41-31-42(39-28-30-57-53(34-39)50-24-13-14-26-56(50)61-57)33-43(32-41)55-36-54(38-17-5-2-6-18-38)59-58(60-55)51-25-12-7-19-44(51)40-27-29-49-47-22-9-8-20-45(47)46-21-10-11-23-48(46)52(49)35-40/h1-36H. The van der Waals surface area contributed by atoms with Crippen molar-refractivity contribution < 1.29 is 4.42 Å². The molecular formula is C58H36N2O. The van der Waals surface area contributed by atoms with Gasteiger partial charge >= 0.3 is 0 Å². The molecule has 0 aliphatic carbocycles. The molecule has 12 aromatic rings. The van der Waals surface area contributed by atoms with Crippen molar-refractivity contribution in [2.75, 3.05) is 0 Å². The fraction of sp³-hybridized carbons (Fsp3) is 0. The molecule has 2 aromatic heterocycles. The van der Waals surface area contributed by atoms with Crippen molar-refractivity contribution in [2.24, 2.45) is 0 Å². The maximum absolute atomic E-state index is 6.22. The van der Waals surface area contributed by atoms with E-state index in [1.54, 1.807) is 0 Å². The number of nitrogens with zero attached hydrogens (tertiary/aromatic N) is 2. The number of hydrogen-bond donors (Lipinski definition) is 0. The van der Waals surface area contributed by atoms with Crippen LogP contribution in [0.4, 0.5) is 0 Å². The maximum atomic E-state index is 6.22. The minimum absolute atomic E-state index is 0.674. The molecule has 0 saturated heterocycles. The van der Waals surface area contributed by atoms with E-state index >= 15 is 0 Å². The zero-order valence-electron chi connectivity index (χ0n) is 33.1. The quantitative estimate of drug-likeness (QED) is 0.158. The Morgan fingerprint density at radius 3 is 1.43 bits per heavy atom. The molecule has 61 heavy (non-hydrogen) atoms. The number of benzene rings is 10. The molecule has 0 unspecified atom stereocenters. The van der Waals surface area contributed by atoms with E-state index in [1.807, 2.05) is 18.2 Å². The van der Waals surface area contributed by atoms with Gasteiger partial charge in [-0.05, 0) is 114 Å². The molecule has 0 bridgehead atoms. The molecular weight excluding hydrogens is 741 g/mol. The van der Waals surface area contributed by atoms with Crippen LogP contribution in [0.15, 0.2) is 223 Å². The van der Waals surface area contributed by atoms with E-state index in [9.17, 15) is 0 Å². The highest BCUT2D eigenvalue weighted by atomic mass is 16.3. The molecule has 0 radical (unpaired) electrons. The summed E-state index contributed by atoms with van der Waals surface area (Å²) in [6.45, 7) is 0. The van der Waals surface area contributed by atoms with Crippen LogP contribution in [0.5, 0.6) is 0 Å². The van der Waals surface area contributed by atoms with Gasteiger partial charge in [-0.3, -0.25) is 0 Å².